The molecule has 0 radical (unpaired) electrons. The van der Waals surface area contributed by atoms with Crippen LogP contribution in [0.1, 0.15) is 13.3 Å². The molecule has 0 aromatic heterocycles. The van der Waals surface area contributed by atoms with Crippen LogP contribution in [0.25, 0.3) is 0 Å². The van der Waals surface area contributed by atoms with E-state index in [9.17, 15) is 4.79 Å². The maximum absolute atomic E-state index is 9.88. The van der Waals surface area contributed by atoms with Crippen molar-refractivity contribution in [2.24, 2.45) is 0 Å². The Bertz CT molecular complexity index is 79.0. The number of carboxylic acid groups (broad SMARTS) is 1. The summed E-state index contributed by atoms with van der Waals surface area (Å²) in [5.41, 5.74) is 0. The SMILES string of the molecule is CC[C@@H](Br)C(=O)O.[Br-].[K+]. The minimum absolute atomic E-state index is 0. The Kier molecular flexibility index (Phi) is 19.3. The fraction of sp³-hybridized carbons (Fsp3) is 0.750. The molecule has 0 heterocycles. The molecule has 5 heteroatoms. The van der Waals surface area contributed by atoms with Gasteiger partial charge in [-0.2, -0.15) is 0 Å². The Hall–Kier alpha value is 2.07. The van der Waals surface area contributed by atoms with Crippen molar-refractivity contribution in [2.45, 2.75) is 18.2 Å². The molecule has 0 unspecified atom stereocenters. The van der Waals surface area contributed by atoms with Gasteiger partial charge in [-0.1, -0.05) is 22.9 Å². The molecule has 1 atom stereocenters. The molecule has 1 N–H and O–H groups in total. The van der Waals surface area contributed by atoms with Gasteiger partial charge >= 0.3 is 57.4 Å². The molecule has 0 saturated heterocycles. The molecule has 50 valence electrons. The summed E-state index contributed by atoms with van der Waals surface area (Å²) in [4.78, 5) is 9.52. The summed E-state index contributed by atoms with van der Waals surface area (Å²) in [6.45, 7) is 1.81. The van der Waals surface area contributed by atoms with Crippen molar-refractivity contribution in [3.8, 4) is 0 Å². The number of hydrogen-bond donors (Lipinski definition) is 1. The van der Waals surface area contributed by atoms with E-state index in [4.69, 9.17) is 5.11 Å². The zero-order valence-corrected chi connectivity index (χ0v) is 11.7. The quantitative estimate of drug-likeness (QED) is 0.409. The van der Waals surface area contributed by atoms with Gasteiger partial charge in [0, 0.05) is 0 Å². The zero-order valence-electron chi connectivity index (χ0n) is 5.40. The van der Waals surface area contributed by atoms with E-state index in [0.717, 1.165) is 0 Å². The third-order valence-corrected chi connectivity index (χ3v) is 1.67. The average molecular weight is 286 g/mol. The summed E-state index contributed by atoms with van der Waals surface area (Å²) >= 11 is 2.94. The summed E-state index contributed by atoms with van der Waals surface area (Å²) in [7, 11) is 0. The van der Waals surface area contributed by atoms with Crippen LogP contribution in [-0.2, 0) is 4.79 Å². The van der Waals surface area contributed by atoms with Gasteiger partial charge < -0.3 is 22.1 Å². The second-order valence-electron chi connectivity index (χ2n) is 1.21. The molecule has 0 aromatic rings. The van der Waals surface area contributed by atoms with Crippen LogP contribution in [0.4, 0.5) is 0 Å². The van der Waals surface area contributed by atoms with Crippen molar-refractivity contribution in [1.29, 1.82) is 0 Å². The fourth-order valence-corrected chi connectivity index (χ4v) is 0.175. The molecule has 9 heavy (non-hydrogen) atoms. The standard InChI is InChI=1S/C4H7BrO2.BrH.K/c1-2-3(5)4(6)7;;/h3H,2H2,1H3,(H,6,7);1H;/q;;+1/p-1/t3-;;/m1../s1. The molecule has 0 fully saturated rings. The third-order valence-electron chi connectivity index (χ3n) is 0.626. The Morgan fingerprint density at radius 3 is 2.11 bits per heavy atom. The maximum atomic E-state index is 9.88. The van der Waals surface area contributed by atoms with E-state index < -0.39 is 5.97 Å². The van der Waals surface area contributed by atoms with Gasteiger partial charge in [0.05, 0.1) is 0 Å². The van der Waals surface area contributed by atoms with Gasteiger partial charge in [-0.3, -0.25) is 4.79 Å². The van der Waals surface area contributed by atoms with Gasteiger partial charge in [0.1, 0.15) is 4.83 Å². The Morgan fingerprint density at radius 1 is 1.78 bits per heavy atom. The van der Waals surface area contributed by atoms with Gasteiger partial charge in [-0.05, 0) is 6.42 Å². The number of rotatable bonds is 2. The van der Waals surface area contributed by atoms with Crippen LogP contribution in [0.5, 0.6) is 0 Å². The maximum Gasteiger partial charge on any atom is 1.00 e. The second kappa shape index (κ2) is 10.1. The molecule has 0 aliphatic heterocycles. The van der Waals surface area contributed by atoms with Crippen LogP contribution >= 0.6 is 15.9 Å². The number of aliphatic carboxylic acids is 1. The molecular formula is C4H7Br2KO2. The van der Waals surface area contributed by atoms with Crippen molar-refractivity contribution in [2.75, 3.05) is 0 Å². The topological polar surface area (TPSA) is 37.3 Å². The van der Waals surface area contributed by atoms with E-state index in [0.29, 0.717) is 6.42 Å². The van der Waals surface area contributed by atoms with Gasteiger partial charge in [0.25, 0.3) is 0 Å². The third kappa shape index (κ3) is 10.1. The Labute approximate surface area is 116 Å². The van der Waals surface area contributed by atoms with Crippen molar-refractivity contribution < 1.29 is 78.3 Å². The number of alkyl halides is 1. The first-order chi connectivity index (χ1) is 3.18. The number of carbonyl (C=O) groups is 1. The first-order valence-corrected chi connectivity index (χ1v) is 2.97. The minimum atomic E-state index is -0.789. The summed E-state index contributed by atoms with van der Waals surface area (Å²) in [6.07, 6.45) is 0.634. The van der Waals surface area contributed by atoms with Gasteiger partial charge in [0.2, 0.25) is 0 Å². The molecule has 2 nitrogen and oxygen atoms in total. The summed E-state index contributed by atoms with van der Waals surface area (Å²) in [6, 6.07) is 0. The molecule has 0 aliphatic carbocycles. The second-order valence-corrected chi connectivity index (χ2v) is 2.32. The molecule has 0 amide bonds. The Morgan fingerprint density at radius 2 is 2.11 bits per heavy atom. The van der Waals surface area contributed by atoms with Crippen LogP contribution < -0.4 is 68.4 Å². The van der Waals surface area contributed by atoms with Crippen LogP contribution in [0.2, 0.25) is 0 Å². The van der Waals surface area contributed by atoms with E-state index in [2.05, 4.69) is 15.9 Å². The van der Waals surface area contributed by atoms with Crippen LogP contribution in [0.3, 0.4) is 0 Å². The average Bonchev–Trinajstić information content (AvgIpc) is 1.65. The minimum Gasteiger partial charge on any atom is -1.00 e. The molecule has 0 aromatic carbocycles. The van der Waals surface area contributed by atoms with E-state index >= 15 is 0 Å². The molecule has 0 saturated carbocycles. The Balaban J connectivity index is -0.000000180. The van der Waals surface area contributed by atoms with Crippen LogP contribution in [0.15, 0.2) is 0 Å². The van der Waals surface area contributed by atoms with Gasteiger partial charge in [0.15, 0.2) is 0 Å². The van der Waals surface area contributed by atoms with Crippen molar-refractivity contribution >= 4 is 21.9 Å². The molecule has 0 spiro atoms. The molecule has 0 bridgehead atoms. The zero-order chi connectivity index (χ0) is 5.86. The largest absolute Gasteiger partial charge is 1.00 e. The first-order valence-electron chi connectivity index (χ1n) is 2.05. The predicted octanol–water partition coefficient (Wildman–Crippen LogP) is -4.75. The smallest absolute Gasteiger partial charge is 1.00 e. The van der Waals surface area contributed by atoms with Crippen molar-refractivity contribution in [3.63, 3.8) is 0 Å². The van der Waals surface area contributed by atoms with E-state index in [-0.39, 0.29) is 73.2 Å². The first kappa shape index (κ1) is 17.2. The number of carboxylic acids is 1. The summed E-state index contributed by atoms with van der Waals surface area (Å²) < 4.78 is 0. The summed E-state index contributed by atoms with van der Waals surface area (Å²) in [5.74, 6) is -0.789. The van der Waals surface area contributed by atoms with Crippen molar-refractivity contribution in [3.05, 3.63) is 0 Å². The molecular weight excluding hydrogens is 279 g/mol. The number of halogens is 2. The molecule has 0 aliphatic rings. The van der Waals surface area contributed by atoms with Crippen LogP contribution in [-0.4, -0.2) is 15.9 Å². The van der Waals surface area contributed by atoms with Gasteiger partial charge in [-0.25, -0.2) is 0 Å². The van der Waals surface area contributed by atoms with E-state index in [1.54, 1.807) is 0 Å². The summed E-state index contributed by atoms with van der Waals surface area (Å²) in [5, 5.41) is 8.14. The van der Waals surface area contributed by atoms with Crippen LogP contribution in [0, 0.1) is 0 Å². The van der Waals surface area contributed by atoms with Gasteiger partial charge in [-0.15, -0.1) is 0 Å². The fourth-order valence-electron chi connectivity index (χ4n) is 0.175. The monoisotopic (exact) mass is 284 g/mol. The van der Waals surface area contributed by atoms with E-state index in [1.165, 1.54) is 0 Å². The number of hydrogen-bond acceptors (Lipinski definition) is 1. The normalized spacial score (nSPS) is 10.4. The predicted molar refractivity (Wildman–Crippen MR) is 30.6 cm³/mol. The van der Waals surface area contributed by atoms with Crippen molar-refractivity contribution in [1.82, 2.24) is 0 Å². The van der Waals surface area contributed by atoms with E-state index in [1.807, 2.05) is 6.92 Å². The molecule has 0 rings (SSSR count).